The Balaban J connectivity index is 2.12. The molecule has 18 heavy (non-hydrogen) atoms. The van der Waals surface area contributed by atoms with E-state index >= 15 is 0 Å². The Morgan fingerprint density at radius 3 is 2.89 bits per heavy atom. The van der Waals surface area contributed by atoms with Crippen molar-refractivity contribution in [2.45, 2.75) is 13.5 Å². The first-order valence-corrected chi connectivity index (χ1v) is 5.58. The van der Waals surface area contributed by atoms with Crippen molar-refractivity contribution in [1.82, 2.24) is 24.5 Å². The van der Waals surface area contributed by atoms with Gasteiger partial charge in [0.25, 0.3) is 0 Å². The van der Waals surface area contributed by atoms with Gasteiger partial charge in [0.15, 0.2) is 5.65 Å². The maximum Gasteiger partial charge on any atom is 0.202 e. The molecule has 3 rings (SSSR count). The molecule has 0 aliphatic carbocycles. The number of hydrogen-bond donors (Lipinski definition) is 1. The van der Waals surface area contributed by atoms with E-state index in [0.717, 1.165) is 22.4 Å². The van der Waals surface area contributed by atoms with Crippen molar-refractivity contribution in [3.05, 3.63) is 42.1 Å². The van der Waals surface area contributed by atoms with Gasteiger partial charge in [0.1, 0.15) is 11.8 Å². The number of aromatic nitrogens is 5. The van der Waals surface area contributed by atoms with Crippen molar-refractivity contribution < 1.29 is 0 Å². The van der Waals surface area contributed by atoms with Gasteiger partial charge in [-0.1, -0.05) is 0 Å². The molecule has 6 nitrogen and oxygen atoms in total. The first-order chi connectivity index (χ1) is 8.75. The standard InChI is InChI=1S/C12H12N6/c1-8-2-5-15-11-10(8)17-12(13)18(11)6-9-3-4-14-7-16-9/h2-5,7H,6H2,1H3,(H2,13,17). The van der Waals surface area contributed by atoms with Crippen LogP contribution in [-0.4, -0.2) is 24.5 Å². The van der Waals surface area contributed by atoms with E-state index in [1.165, 1.54) is 6.33 Å². The first-order valence-electron chi connectivity index (χ1n) is 5.58. The Bertz CT molecular complexity index is 688. The molecule has 0 radical (unpaired) electrons. The highest BCUT2D eigenvalue weighted by molar-refractivity contribution is 5.77. The molecule has 0 saturated carbocycles. The zero-order chi connectivity index (χ0) is 12.5. The molecular formula is C12H12N6. The Hall–Kier alpha value is -2.50. The summed E-state index contributed by atoms with van der Waals surface area (Å²) in [6.45, 7) is 2.53. The maximum atomic E-state index is 5.94. The Kier molecular flexibility index (Phi) is 2.40. The molecule has 0 bridgehead atoms. The normalized spacial score (nSPS) is 10.9. The number of aryl methyl sites for hydroxylation is 1. The average molecular weight is 240 g/mol. The van der Waals surface area contributed by atoms with E-state index < -0.39 is 0 Å². The summed E-state index contributed by atoms with van der Waals surface area (Å²) in [7, 11) is 0. The van der Waals surface area contributed by atoms with E-state index in [1.807, 2.05) is 23.6 Å². The lowest BCUT2D eigenvalue weighted by molar-refractivity contribution is 0.795. The molecule has 3 aromatic heterocycles. The predicted octanol–water partition coefficient (Wildman–Crippen LogP) is 1.16. The highest BCUT2D eigenvalue weighted by Crippen LogP contribution is 2.19. The molecule has 90 valence electrons. The molecular weight excluding hydrogens is 228 g/mol. The molecule has 0 fully saturated rings. The molecule has 0 unspecified atom stereocenters. The van der Waals surface area contributed by atoms with Gasteiger partial charge < -0.3 is 5.73 Å². The van der Waals surface area contributed by atoms with Crippen LogP contribution in [0, 0.1) is 6.92 Å². The lowest BCUT2D eigenvalue weighted by atomic mass is 10.3. The van der Waals surface area contributed by atoms with E-state index in [-0.39, 0.29) is 0 Å². The topological polar surface area (TPSA) is 82.5 Å². The van der Waals surface area contributed by atoms with Gasteiger partial charge in [-0.15, -0.1) is 0 Å². The number of imidazole rings is 1. The quantitative estimate of drug-likeness (QED) is 0.726. The van der Waals surface area contributed by atoms with E-state index in [2.05, 4.69) is 19.9 Å². The summed E-state index contributed by atoms with van der Waals surface area (Å²) in [6.07, 6.45) is 4.98. The van der Waals surface area contributed by atoms with Crippen LogP contribution in [0.4, 0.5) is 5.95 Å². The van der Waals surface area contributed by atoms with Crippen LogP contribution in [0.5, 0.6) is 0 Å². The number of anilines is 1. The van der Waals surface area contributed by atoms with Crippen molar-refractivity contribution in [3.8, 4) is 0 Å². The third kappa shape index (κ3) is 1.67. The van der Waals surface area contributed by atoms with Gasteiger partial charge in [-0.3, -0.25) is 4.57 Å². The van der Waals surface area contributed by atoms with Gasteiger partial charge in [0, 0.05) is 12.4 Å². The van der Waals surface area contributed by atoms with E-state index in [1.54, 1.807) is 12.4 Å². The van der Waals surface area contributed by atoms with Crippen LogP contribution in [0.25, 0.3) is 11.2 Å². The van der Waals surface area contributed by atoms with Gasteiger partial charge >= 0.3 is 0 Å². The van der Waals surface area contributed by atoms with Crippen LogP contribution >= 0.6 is 0 Å². The van der Waals surface area contributed by atoms with Crippen LogP contribution in [0.15, 0.2) is 30.9 Å². The fraction of sp³-hybridized carbons (Fsp3) is 0.167. The molecule has 3 heterocycles. The number of nitrogens with two attached hydrogens (primary N) is 1. The molecule has 0 atom stereocenters. The van der Waals surface area contributed by atoms with Crippen LogP contribution in [0.3, 0.4) is 0 Å². The molecule has 0 spiro atoms. The van der Waals surface area contributed by atoms with Crippen LogP contribution in [0.2, 0.25) is 0 Å². The van der Waals surface area contributed by atoms with Crippen molar-refractivity contribution in [2.24, 2.45) is 0 Å². The number of pyridine rings is 1. The van der Waals surface area contributed by atoms with Gasteiger partial charge in [-0.2, -0.15) is 0 Å². The lowest BCUT2D eigenvalue weighted by Gasteiger charge is -2.04. The molecule has 2 N–H and O–H groups in total. The molecule has 0 saturated heterocycles. The average Bonchev–Trinajstić information content (AvgIpc) is 2.70. The molecule has 6 heteroatoms. The van der Waals surface area contributed by atoms with Crippen molar-refractivity contribution >= 4 is 17.1 Å². The number of nitrogens with zero attached hydrogens (tertiary/aromatic N) is 5. The maximum absolute atomic E-state index is 5.94. The van der Waals surface area contributed by atoms with Crippen molar-refractivity contribution in [1.29, 1.82) is 0 Å². The SMILES string of the molecule is Cc1ccnc2c1nc(N)n2Cc1ccncn1. The summed E-state index contributed by atoms with van der Waals surface area (Å²) < 4.78 is 1.85. The second kappa shape index (κ2) is 4.06. The van der Waals surface area contributed by atoms with E-state index in [0.29, 0.717) is 12.5 Å². The second-order valence-electron chi connectivity index (χ2n) is 4.06. The Morgan fingerprint density at radius 1 is 1.22 bits per heavy atom. The van der Waals surface area contributed by atoms with Gasteiger partial charge in [-0.25, -0.2) is 19.9 Å². The van der Waals surface area contributed by atoms with Crippen LogP contribution in [-0.2, 0) is 6.54 Å². The number of nitrogen functional groups attached to an aromatic ring is 1. The minimum absolute atomic E-state index is 0.449. The summed E-state index contributed by atoms with van der Waals surface area (Å²) in [4.78, 5) is 16.8. The summed E-state index contributed by atoms with van der Waals surface area (Å²) in [5, 5.41) is 0. The molecule has 0 aliphatic rings. The smallest absolute Gasteiger partial charge is 0.202 e. The van der Waals surface area contributed by atoms with E-state index in [4.69, 9.17) is 5.73 Å². The summed E-state index contributed by atoms with van der Waals surface area (Å²) in [5.41, 5.74) is 9.50. The molecule has 0 amide bonds. The zero-order valence-corrected chi connectivity index (χ0v) is 9.91. The predicted molar refractivity (Wildman–Crippen MR) is 67.8 cm³/mol. The number of fused-ring (bicyclic) bond motifs is 1. The molecule has 0 aliphatic heterocycles. The van der Waals surface area contributed by atoms with Gasteiger partial charge in [0.2, 0.25) is 5.95 Å². The Morgan fingerprint density at radius 2 is 2.11 bits per heavy atom. The third-order valence-corrected chi connectivity index (χ3v) is 2.83. The summed E-state index contributed by atoms with van der Waals surface area (Å²) in [6, 6.07) is 3.77. The third-order valence-electron chi connectivity index (χ3n) is 2.83. The Labute approximate surface area is 104 Å². The fourth-order valence-corrected chi connectivity index (χ4v) is 1.88. The summed E-state index contributed by atoms with van der Waals surface area (Å²) >= 11 is 0. The largest absolute Gasteiger partial charge is 0.369 e. The monoisotopic (exact) mass is 240 g/mol. The van der Waals surface area contributed by atoms with Crippen molar-refractivity contribution in [2.75, 3.05) is 5.73 Å². The summed E-state index contributed by atoms with van der Waals surface area (Å²) in [5.74, 6) is 0.449. The highest BCUT2D eigenvalue weighted by Gasteiger charge is 2.11. The number of rotatable bonds is 2. The zero-order valence-electron chi connectivity index (χ0n) is 9.91. The van der Waals surface area contributed by atoms with Crippen LogP contribution < -0.4 is 5.73 Å². The van der Waals surface area contributed by atoms with E-state index in [9.17, 15) is 0 Å². The number of hydrogen-bond acceptors (Lipinski definition) is 5. The molecule has 0 aromatic carbocycles. The minimum Gasteiger partial charge on any atom is -0.369 e. The van der Waals surface area contributed by atoms with Gasteiger partial charge in [0.05, 0.1) is 12.2 Å². The lowest BCUT2D eigenvalue weighted by Crippen LogP contribution is -2.06. The first kappa shape index (κ1) is 10.6. The minimum atomic E-state index is 0.449. The van der Waals surface area contributed by atoms with Gasteiger partial charge in [-0.05, 0) is 24.6 Å². The molecule has 3 aromatic rings. The van der Waals surface area contributed by atoms with Crippen LogP contribution in [0.1, 0.15) is 11.3 Å². The van der Waals surface area contributed by atoms with Crippen molar-refractivity contribution in [3.63, 3.8) is 0 Å². The fourth-order valence-electron chi connectivity index (χ4n) is 1.88. The highest BCUT2D eigenvalue weighted by atomic mass is 15.2. The second-order valence-corrected chi connectivity index (χ2v) is 4.06.